The summed E-state index contributed by atoms with van der Waals surface area (Å²) in [5.41, 5.74) is 7.58. The van der Waals surface area contributed by atoms with Gasteiger partial charge in [0.1, 0.15) is 0 Å². The molecule has 1 aromatic carbocycles. The summed E-state index contributed by atoms with van der Waals surface area (Å²) in [6.07, 6.45) is 3.97. The summed E-state index contributed by atoms with van der Waals surface area (Å²) in [5.74, 6) is 0. The van der Waals surface area contributed by atoms with Crippen molar-refractivity contribution in [3.8, 4) is 0 Å². The van der Waals surface area contributed by atoms with Gasteiger partial charge in [-0.25, -0.2) is 4.98 Å². The van der Waals surface area contributed by atoms with Crippen LogP contribution in [0.4, 0.5) is 5.13 Å². The van der Waals surface area contributed by atoms with E-state index in [0.717, 1.165) is 15.7 Å². The fourth-order valence-corrected chi connectivity index (χ4v) is 1.93. The van der Waals surface area contributed by atoms with Crippen molar-refractivity contribution in [2.45, 2.75) is 0 Å². The lowest BCUT2D eigenvalue weighted by Gasteiger charge is -1.92. The Kier molecular flexibility index (Phi) is 3.18. The standard InChI is InChI=1S/C11H9BrN2S/c12-9-4-1-8(2-5-9)3-6-10-7-15-11(13)14-10/h1-7H,(H2,13,14)/b6-3+. The zero-order valence-corrected chi connectivity index (χ0v) is 10.3. The number of anilines is 1. The highest BCUT2D eigenvalue weighted by Gasteiger charge is 1.93. The van der Waals surface area contributed by atoms with Gasteiger partial charge in [0.05, 0.1) is 5.69 Å². The van der Waals surface area contributed by atoms with Gasteiger partial charge in [-0.2, -0.15) is 0 Å². The average Bonchev–Trinajstić information content (AvgIpc) is 2.64. The molecular weight excluding hydrogens is 272 g/mol. The number of nitrogens with zero attached hydrogens (tertiary/aromatic N) is 1. The molecule has 2 rings (SSSR count). The summed E-state index contributed by atoms with van der Waals surface area (Å²) >= 11 is 4.84. The molecule has 0 aliphatic heterocycles. The highest BCUT2D eigenvalue weighted by atomic mass is 79.9. The second kappa shape index (κ2) is 4.59. The molecule has 2 N–H and O–H groups in total. The van der Waals surface area contributed by atoms with Gasteiger partial charge in [0, 0.05) is 9.85 Å². The topological polar surface area (TPSA) is 38.9 Å². The molecule has 2 nitrogen and oxygen atoms in total. The predicted molar refractivity (Wildman–Crippen MR) is 69.6 cm³/mol. The van der Waals surface area contributed by atoms with E-state index in [2.05, 4.69) is 20.9 Å². The van der Waals surface area contributed by atoms with Crippen LogP contribution in [0.1, 0.15) is 11.3 Å². The fraction of sp³-hybridized carbons (Fsp3) is 0. The van der Waals surface area contributed by atoms with Gasteiger partial charge in [0.25, 0.3) is 0 Å². The van der Waals surface area contributed by atoms with Crippen molar-refractivity contribution in [1.82, 2.24) is 4.98 Å². The quantitative estimate of drug-likeness (QED) is 0.912. The smallest absolute Gasteiger partial charge is 0.180 e. The Bertz CT molecular complexity index is 474. The van der Waals surface area contributed by atoms with E-state index in [1.165, 1.54) is 11.3 Å². The maximum atomic E-state index is 5.53. The largest absolute Gasteiger partial charge is 0.375 e. The Morgan fingerprint density at radius 2 is 1.93 bits per heavy atom. The number of benzene rings is 1. The molecule has 2 aromatic rings. The van der Waals surface area contributed by atoms with Crippen molar-refractivity contribution >= 4 is 44.6 Å². The fourth-order valence-electron chi connectivity index (χ4n) is 1.13. The number of thiazole rings is 1. The van der Waals surface area contributed by atoms with Crippen molar-refractivity contribution in [3.63, 3.8) is 0 Å². The Morgan fingerprint density at radius 3 is 2.53 bits per heavy atom. The molecule has 0 aliphatic carbocycles. The molecule has 0 bridgehead atoms. The first-order chi connectivity index (χ1) is 7.24. The van der Waals surface area contributed by atoms with Crippen LogP contribution in [0, 0.1) is 0 Å². The van der Waals surface area contributed by atoms with E-state index in [9.17, 15) is 0 Å². The maximum Gasteiger partial charge on any atom is 0.180 e. The number of aromatic nitrogens is 1. The first kappa shape index (κ1) is 10.4. The molecule has 0 saturated heterocycles. The minimum Gasteiger partial charge on any atom is -0.375 e. The third kappa shape index (κ3) is 2.91. The van der Waals surface area contributed by atoms with Gasteiger partial charge in [-0.1, -0.05) is 34.1 Å². The lowest BCUT2D eigenvalue weighted by molar-refractivity contribution is 1.39. The van der Waals surface area contributed by atoms with E-state index in [-0.39, 0.29) is 0 Å². The average molecular weight is 281 g/mol. The molecule has 1 heterocycles. The Balaban J connectivity index is 2.14. The number of nitrogens with two attached hydrogens (primary N) is 1. The van der Waals surface area contributed by atoms with Crippen LogP contribution in [0.15, 0.2) is 34.1 Å². The highest BCUT2D eigenvalue weighted by molar-refractivity contribution is 9.10. The molecule has 15 heavy (non-hydrogen) atoms. The van der Waals surface area contributed by atoms with Crippen molar-refractivity contribution in [2.24, 2.45) is 0 Å². The molecule has 0 spiro atoms. The lowest BCUT2D eigenvalue weighted by atomic mass is 10.2. The Hall–Kier alpha value is -1.13. The summed E-state index contributed by atoms with van der Waals surface area (Å²) in [5, 5.41) is 2.54. The van der Waals surface area contributed by atoms with Crippen molar-refractivity contribution in [3.05, 3.63) is 45.4 Å². The number of nitrogen functional groups attached to an aromatic ring is 1. The highest BCUT2D eigenvalue weighted by Crippen LogP contribution is 2.15. The SMILES string of the molecule is Nc1nc(/C=C/c2ccc(Br)cc2)cs1. The van der Waals surface area contributed by atoms with Gasteiger partial charge in [-0.3, -0.25) is 0 Å². The minimum absolute atomic E-state index is 0.602. The molecule has 0 radical (unpaired) electrons. The van der Waals surface area contributed by atoms with E-state index in [1.807, 2.05) is 41.8 Å². The number of halogens is 1. The molecule has 0 atom stereocenters. The van der Waals surface area contributed by atoms with E-state index in [4.69, 9.17) is 5.73 Å². The van der Waals surface area contributed by atoms with Crippen molar-refractivity contribution in [1.29, 1.82) is 0 Å². The van der Waals surface area contributed by atoms with Crippen LogP contribution < -0.4 is 5.73 Å². The number of hydrogen-bond acceptors (Lipinski definition) is 3. The predicted octanol–water partition coefficient (Wildman–Crippen LogP) is 3.66. The molecule has 4 heteroatoms. The molecule has 0 saturated carbocycles. The Labute approximate surface area is 101 Å². The zero-order valence-electron chi connectivity index (χ0n) is 7.85. The maximum absolute atomic E-state index is 5.53. The van der Waals surface area contributed by atoms with E-state index < -0.39 is 0 Å². The third-order valence-corrected chi connectivity index (χ3v) is 3.08. The van der Waals surface area contributed by atoms with Crippen LogP contribution >= 0.6 is 27.3 Å². The number of hydrogen-bond donors (Lipinski definition) is 1. The summed E-state index contributed by atoms with van der Waals surface area (Å²) < 4.78 is 1.08. The van der Waals surface area contributed by atoms with E-state index >= 15 is 0 Å². The van der Waals surface area contributed by atoms with Crippen molar-refractivity contribution < 1.29 is 0 Å². The van der Waals surface area contributed by atoms with Crippen LogP contribution in [0.3, 0.4) is 0 Å². The normalized spacial score (nSPS) is 11.0. The second-order valence-electron chi connectivity index (χ2n) is 3.00. The third-order valence-electron chi connectivity index (χ3n) is 1.86. The van der Waals surface area contributed by atoms with Gasteiger partial charge in [-0.05, 0) is 23.8 Å². The zero-order chi connectivity index (χ0) is 10.7. The number of rotatable bonds is 2. The molecular formula is C11H9BrN2S. The monoisotopic (exact) mass is 280 g/mol. The lowest BCUT2D eigenvalue weighted by Crippen LogP contribution is -1.80. The molecule has 0 unspecified atom stereocenters. The molecule has 76 valence electrons. The minimum atomic E-state index is 0.602. The van der Waals surface area contributed by atoms with Gasteiger partial charge in [0.2, 0.25) is 0 Å². The molecule has 1 aromatic heterocycles. The van der Waals surface area contributed by atoms with Crippen LogP contribution in [-0.2, 0) is 0 Å². The molecule has 0 aliphatic rings. The molecule has 0 amide bonds. The van der Waals surface area contributed by atoms with Crippen LogP contribution in [0.5, 0.6) is 0 Å². The van der Waals surface area contributed by atoms with Crippen LogP contribution in [0.25, 0.3) is 12.2 Å². The van der Waals surface area contributed by atoms with E-state index in [0.29, 0.717) is 5.13 Å². The first-order valence-corrected chi connectivity index (χ1v) is 6.06. The Morgan fingerprint density at radius 1 is 1.20 bits per heavy atom. The second-order valence-corrected chi connectivity index (χ2v) is 4.80. The summed E-state index contributed by atoms with van der Waals surface area (Å²) in [7, 11) is 0. The van der Waals surface area contributed by atoms with Gasteiger partial charge in [0.15, 0.2) is 5.13 Å². The summed E-state index contributed by atoms with van der Waals surface area (Å²) in [6.45, 7) is 0. The van der Waals surface area contributed by atoms with Gasteiger partial charge >= 0.3 is 0 Å². The van der Waals surface area contributed by atoms with Crippen molar-refractivity contribution in [2.75, 3.05) is 5.73 Å². The summed E-state index contributed by atoms with van der Waals surface area (Å²) in [4.78, 5) is 4.14. The van der Waals surface area contributed by atoms with Crippen LogP contribution in [0.2, 0.25) is 0 Å². The van der Waals surface area contributed by atoms with Crippen LogP contribution in [-0.4, -0.2) is 4.98 Å². The van der Waals surface area contributed by atoms with E-state index in [1.54, 1.807) is 0 Å². The first-order valence-electron chi connectivity index (χ1n) is 4.39. The van der Waals surface area contributed by atoms with Gasteiger partial charge < -0.3 is 5.73 Å². The summed E-state index contributed by atoms with van der Waals surface area (Å²) in [6, 6.07) is 8.09. The van der Waals surface area contributed by atoms with Gasteiger partial charge in [-0.15, -0.1) is 11.3 Å². The molecule has 0 fully saturated rings.